The van der Waals surface area contributed by atoms with Gasteiger partial charge in [0.2, 0.25) is 4.96 Å². The second-order valence-electron chi connectivity index (χ2n) is 5.34. The molecule has 1 saturated carbocycles. The van der Waals surface area contributed by atoms with Crippen LogP contribution in [0.15, 0.2) is 24.3 Å². The van der Waals surface area contributed by atoms with Crippen LogP contribution in [-0.2, 0) is 6.61 Å². The van der Waals surface area contributed by atoms with Gasteiger partial charge in [-0.15, -0.1) is 0 Å². The smallest absolute Gasteiger partial charge is 0.213 e. The molecule has 2 heterocycles. The summed E-state index contributed by atoms with van der Waals surface area (Å²) in [4.78, 5) is 5.55. The first-order chi connectivity index (χ1) is 9.76. The average Bonchev–Trinajstić information content (AvgIpc) is 3.13. The van der Waals surface area contributed by atoms with Gasteiger partial charge in [0, 0.05) is 11.5 Å². The number of hydrogen-bond acceptors (Lipinski definition) is 4. The summed E-state index contributed by atoms with van der Waals surface area (Å²) in [6.07, 6.45) is 2.46. The molecule has 2 aromatic heterocycles. The van der Waals surface area contributed by atoms with Gasteiger partial charge in [-0.05, 0) is 19.8 Å². The molecule has 4 nitrogen and oxygen atoms in total. The van der Waals surface area contributed by atoms with Crippen LogP contribution in [0.5, 0.6) is 0 Å². The molecule has 4 rings (SSSR count). The maximum atomic E-state index is 9.69. The van der Waals surface area contributed by atoms with Crippen LogP contribution in [0, 0.1) is 6.92 Å². The zero-order valence-electron chi connectivity index (χ0n) is 11.2. The number of rotatable bonds is 3. The molecule has 0 amide bonds. The Hall–Kier alpha value is -1.72. The van der Waals surface area contributed by atoms with E-state index in [9.17, 15) is 5.11 Å². The van der Waals surface area contributed by atoms with E-state index in [-0.39, 0.29) is 6.61 Å². The monoisotopic (exact) mass is 285 g/mol. The largest absolute Gasteiger partial charge is 0.390 e. The number of hydrogen-bond donors (Lipinski definition) is 1. The van der Waals surface area contributed by atoms with E-state index in [1.54, 1.807) is 11.3 Å². The van der Waals surface area contributed by atoms with Crippen LogP contribution >= 0.6 is 11.3 Å². The predicted molar refractivity (Wildman–Crippen MR) is 78.9 cm³/mol. The Balaban J connectivity index is 1.86. The summed E-state index contributed by atoms with van der Waals surface area (Å²) >= 11 is 1.65. The molecule has 1 aliphatic rings. The summed E-state index contributed by atoms with van der Waals surface area (Å²) in [5, 5.41) is 15.5. The summed E-state index contributed by atoms with van der Waals surface area (Å²) in [5.41, 5.74) is 3.88. The van der Waals surface area contributed by atoms with E-state index in [1.165, 1.54) is 18.4 Å². The van der Waals surface area contributed by atoms with Gasteiger partial charge < -0.3 is 5.11 Å². The molecule has 1 aromatic carbocycles. The van der Waals surface area contributed by atoms with Gasteiger partial charge in [0.15, 0.2) is 0 Å². The molecule has 0 unspecified atom stereocenters. The average molecular weight is 285 g/mol. The fraction of sp³-hybridized carbons (Fsp3) is 0.333. The van der Waals surface area contributed by atoms with E-state index in [4.69, 9.17) is 0 Å². The van der Waals surface area contributed by atoms with E-state index >= 15 is 0 Å². The molecule has 0 spiro atoms. The molecule has 1 N–H and O–H groups in total. The zero-order chi connectivity index (χ0) is 13.7. The number of aliphatic hydroxyl groups is 1. The lowest BCUT2D eigenvalue weighted by Gasteiger charge is -2.01. The summed E-state index contributed by atoms with van der Waals surface area (Å²) in [7, 11) is 0. The third-order valence-corrected chi connectivity index (χ3v) is 4.78. The van der Waals surface area contributed by atoms with Crippen LogP contribution in [0.25, 0.3) is 16.2 Å². The Bertz CT molecular complexity index is 768. The normalized spacial score (nSPS) is 15.1. The van der Waals surface area contributed by atoms with Gasteiger partial charge in [-0.1, -0.05) is 41.2 Å². The van der Waals surface area contributed by atoms with Gasteiger partial charge in [0.05, 0.1) is 18.0 Å². The van der Waals surface area contributed by atoms with Gasteiger partial charge in [0.1, 0.15) is 5.01 Å². The van der Waals surface area contributed by atoms with Crippen LogP contribution in [0.4, 0.5) is 0 Å². The van der Waals surface area contributed by atoms with Crippen LogP contribution in [0.2, 0.25) is 0 Å². The van der Waals surface area contributed by atoms with Crippen molar-refractivity contribution in [3.8, 4) is 11.3 Å². The molecule has 3 aromatic rings. The van der Waals surface area contributed by atoms with Crippen molar-refractivity contribution in [1.82, 2.24) is 14.6 Å². The van der Waals surface area contributed by atoms with E-state index in [1.807, 2.05) is 16.6 Å². The quantitative estimate of drug-likeness (QED) is 0.804. The molecule has 5 heteroatoms. The van der Waals surface area contributed by atoms with Gasteiger partial charge in [-0.25, -0.2) is 9.50 Å². The van der Waals surface area contributed by atoms with Crippen molar-refractivity contribution in [3.63, 3.8) is 0 Å². The number of nitrogens with zero attached hydrogens (tertiary/aromatic N) is 3. The molecule has 0 bridgehead atoms. The predicted octanol–water partition coefficient (Wildman–Crippen LogP) is 3.14. The van der Waals surface area contributed by atoms with E-state index in [0.717, 1.165) is 26.9 Å². The topological polar surface area (TPSA) is 50.4 Å². The molecule has 0 atom stereocenters. The van der Waals surface area contributed by atoms with Gasteiger partial charge in [-0.2, -0.15) is 5.10 Å². The minimum Gasteiger partial charge on any atom is -0.390 e. The van der Waals surface area contributed by atoms with Gasteiger partial charge in [0.25, 0.3) is 0 Å². The highest BCUT2D eigenvalue weighted by Crippen LogP contribution is 2.42. The van der Waals surface area contributed by atoms with Crippen molar-refractivity contribution in [1.29, 1.82) is 0 Å². The Morgan fingerprint density at radius 1 is 1.30 bits per heavy atom. The molecular weight excluding hydrogens is 270 g/mol. The fourth-order valence-corrected chi connectivity index (χ4v) is 3.47. The lowest BCUT2D eigenvalue weighted by Crippen LogP contribution is -1.96. The molecule has 1 aliphatic carbocycles. The van der Waals surface area contributed by atoms with Crippen molar-refractivity contribution in [2.24, 2.45) is 0 Å². The van der Waals surface area contributed by atoms with Crippen LogP contribution in [0.3, 0.4) is 0 Å². The molecular formula is C15H15N3OS. The molecule has 0 radical (unpaired) electrons. The fourth-order valence-electron chi connectivity index (χ4n) is 2.38. The third-order valence-electron chi connectivity index (χ3n) is 3.71. The number of aryl methyl sites for hydroxylation is 1. The highest BCUT2D eigenvalue weighted by Gasteiger charge is 2.29. The van der Waals surface area contributed by atoms with E-state index in [0.29, 0.717) is 5.92 Å². The van der Waals surface area contributed by atoms with Crippen molar-refractivity contribution in [2.45, 2.75) is 32.3 Å². The molecule has 102 valence electrons. The first-order valence-corrected chi connectivity index (χ1v) is 7.64. The Labute approximate surface area is 120 Å². The maximum absolute atomic E-state index is 9.69. The Kier molecular flexibility index (Phi) is 2.65. The van der Waals surface area contributed by atoms with Crippen molar-refractivity contribution < 1.29 is 5.11 Å². The first kappa shape index (κ1) is 12.1. The van der Waals surface area contributed by atoms with Crippen LogP contribution < -0.4 is 0 Å². The lowest BCUT2D eigenvalue weighted by molar-refractivity contribution is 0.275. The van der Waals surface area contributed by atoms with Crippen molar-refractivity contribution in [3.05, 3.63) is 40.5 Å². The Morgan fingerprint density at radius 2 is 2.05 bits per heavy atom. The standard InChI is InChI=1S/C15H15N3OS/c1-9-2-4-10(5-3-9)13-12(8-19)18-15(16-13)20-14(17-18)11-6-7-11/h2-5,11,19H,6-8H2,1H3. The molecule has 1 fully saturated rings. The number of aromatic nitrogens is 3. The number of fused-ring (bicyclic) bond motifs is 1. The third kappa shape index (κ3) is 1.85. The SMILES string of the molecule is Cc1ccc(-c2nc3sc(C4CC4)nn3c2CO)cc1. The van der Waals surface area contributed by atoms with Crippen molar-refractivity contribution >= 4 is 16.3 Å². The summed E-state index contributed by atoms with van der Waals surface area (Å²) in [6.45, 7) is 2.02. The highest BCUT2D eigenvalue weighted by molar-refractivity contribution is 7.16. The second-order valence-corrected chi connectivity index (χ2v) is 6.33. The van der Waals surface area contributed by atoms with Gasteiger partial charge in [-0.3, -0.25) is 0 Å². The lowest BCUT2D eigenvalue weighted by atomic mass is 10.1. The molecule has 0 saturated heterocycles. The molecule has 20 heavy (non-hydrogen) atoms. The minimum absolute atomic E-state index is 0.0434. The first-order valence-electron chi connectivity index (χ1n) is 6.82. The highest BCUT2D eigenvalue weighted by atomic mass is 32.1. The minimum atomic E-state index is -0.0434. The summed E-state index contributed by atoms with van der Waals surface area (Å²) in [6, 6.07) is 8.21. The van der Waals surface area contributed by atoms with Gasteiger partial charge >= 0.3 is 0 Å². The van der Waals surface area contributed by atoms with Crippen LogP contribution in [-0.4, -0.2) is 19.7 Å². The van der Waals surface area contributed by atoms with E-state index < -0.39 is 0 Å². The number of benzene rings is 1. The maximum Gasteiger partial charge on any atom is 0.213 e. The summed E-state index contributed by atoms with van der Waals surface area (Å²) < 4.78 is 1.81. The van der Waals surface area contributed by atoms with E-state index in [2.05, 4.69) is 29.1 Å². The number of aliphatic hydroxyl groups excluding tert-OH is 1. The Morgan fingerprint density at radius 3 is 2.70 bits per heavy atom. The second kappa shape index (κ2) is 4.40. The van der Waals surface area contributed by atoms with Crippen LogP contribution in [0.1, 0.15) is 35.0 Å². The number of imidazole rings is 1. The molecule has 0 aliphatic heterocycles. The van der Waals surface area contributed by atoms with Crippen molar-refractivity contribution in [2.75, 3.05) is 0 Å². The summed E-state index contributed by atoms with van der Waals surface area (Å²) in [5.74, 6) is 0.621. The zero-order valence-corrected chi connectivity index (χ0v) is 12.0.